The Bertz CT molecular complexity index is 532. The molecule has 0 atom stereocenters. The van der Waals surface area contributed by atoms with Crippen LogP contribution in [0.2, 0.25) is 0 Å². The molecular formula is C16H22F2N2O3. The first-order valence-electron chi connectivity index (χ1n) is 7.54. The highest BCUT2D eigenvalue weighted by Crippen LogP contribution is 2.17. The molecule has 7 heteroatoms. The highest BCUT2D eigenvalue weighted by Gasteiger charge is 2.28. The van der Waals surface area contributed by atoms with Crippen LogP contribution in [0.15, 0.2) is 24.3 Å². The number of nitrogens with one attached hydrogen (secondary N) is 1. The lowest BCUT2D eigenvalue weighted by Crippen LogP contribution is -2.55. The summed E-state index contributed by atoms with van der Waals surface area (Å²) in [6.45, 7) is 4.65. The summed E-state index contributed by atoms with van der Waals surface area (Å²) in [6.07, 6.45) is 0. The Kier molecular flexibility index (Phi) is 5.90. The van der Waals surface area contributed by atoms with E-state index in [1.54, 1.807) is 6.07 Å². The van der Waals surface area contributed by atoms with Crippen molar-refractivity contribution in [1.29, 1.82) is 0 Å². The predicted octanol–water partition coefficient (Wildman–Crippen LogP) is 2.13. The van der Waals surface area contributed by atoms with Crippen molar-refractivity contribution in [3.05, 3.63) is 29.8 Å². The third kappa shape index (κ3) is 5.14. The second-order valence-electron chi connectivity index (χ2n) is 6.00. The Morgan fingerprint density at radius 3 is 2.74 bits per heavy atom. The number of carbonyl (C=O) groups is 1. The zero-order chi connectivity index (χ0) is 16.9. The van der Waals surface area contributed by atoms with E-state index in [0.29, 0.717) is 25.3 Å². The summed E-state index contributed by atoms with van der Waals surface area (Å²) in [5, 5.41) is 2.85. The molecule has 0 saturated carbocycles. The third-order valence-corrected chi connectivity index (χ3v) is 3.87. The number of morpholine rings is 1. The van der Waals surface area contributed by atoms with E-state index in [0.717, 1.165) is 13.1 Å². The Morgan fingerprint density at radius 1 is 1.39 bits per heavy atom. The number of halogens is 2. The van der Waals surface area contributed by atoms with Gasteiger partial charge in [0.15, 0.2) is 0 Å². The quantitative estimate of drug-likeness (QED) is 0.869. The van der Waals surface area contributed by atoms with Crippen molar-refractivity contribution in [3.63, 3.8) is 0 Å². The second kappa shape index (κ2) is 7.70. The predicted molar refractivity (Wildman–Crippen MR) is 81.9 cm³/mol. The van der Waals surface area contributed by atoms with Gasteiger partial charge in [0, 0.05) is 30.7 Å². The molecule has 128 valence electrons. The molecule has 0 spiro atoms. The smallest absolute Gasteiger partial charge is 0.387 e. The van der Waals surface area contributed by atoms with Crippen LogP contribution in [0.25, 0.3) is 0 Å². The molecule has 23 heavy (non-hydrogen) atoms. The van der Waals surface area contributed by atoms with Crippen molar-refractivity contribution in [3.8, 4) is 5.75 Å². The number of ether oxygens (including phenoxy) is 2. The Morgan fingerprint density at radius 2 is 2.09 bits per heavy atom. The molecule has 1 amide bonds. The van der Waals surface area contributed by atoms with Gasteiger partial charge in [0.2, 0.25) is 0 Å². The van der Waals surface area contributed by atoms with Crippen LogP contribution in [0.5, 0.6) is 5.75 Å². The first kappa shape index (κ1) is 17.6. The van der Waals surface area contributed by atoms with Crippen LogP contribution in [0.3, 0.4) is 0 Å². The summed E-state index contributed by atoms with van der Waals surface area (Å²) in [4.78, 5) is 14.5. The van der Waals surface area contributed by atoms with E-state index in [1.165, 1.54) is 18.2 Å². The number of rotatable bonds is 6. The number of benzene rings is 1. The molecule has 1 aliphatic rings. The highest BCUT2D eigenvalue weighted by atomic mass is 19.3. The van der Waals surface area contributed by atoms with Crippen LogP contribution in [-0.2, 0) is 4.74 Å². The highest BCUT2D eigenvalue weighted by molar-refractivity contribution is 5.94. The Hall–Kier alpha value is -1.73. The zero-order valence-electron chi connectivity index (χ0n) is 13.4. The van der Waals surface area contributed by atoms with Crippen molar-refractivity contribution in [2.75, 3.05) is 32.8 Å². The molecule has 1 aromatic carbocycles. The molecule has 1 aromatic rings. The van der Waals surface area contributed by atoms with E-state index in [-0.39, 0.29) is 17.2 Å². The standard InChI is InChI=1S/C16H22F2N2O3/c1-16(2,20-6-8-22-9-7-20)11-19-14(21)12-4-3-5-13(10-12)23-15(17)18/h3-5,10,15H,6-9,11H2,1-2H3,(H,19,21). The number of alkyl halides is 2. The molecule has 5 nitrogen and oxygen atoms in total. The van der Waals surface area contributed by atoms with Crippen molar-refractivity contribution >= 4 is 5.91 Å². The molecule has 1 N–H and O–H groups in total. The molecule has 1 aliphatic heterocycles. The molecule has 2 rings (SSSR count). The maximum Gasteiger partial charge on any atom is 0.387 e. The van der Waals surface area contributed by atoms with Gasteiger partial charge in [-0.15, -0.1) is 0 Å². The topological polar surface area (TPSA) is 50.8 Å². The average Bonchev–Trinajstić information content (AvgIpc) is 2.53. The number of hydrogen-bond donors (Lipinski definition) is 1. The minimum atomic E-state index is -2.91. The summed E-state index contributed by atoms with van der Waals surface area (Å²) in [5.41, 5.74) is 0.0807. The van der Waals surface area contributed by atoms with Crippen molar-refractivity contribution in [2.45, 2.75) is 26.0 Å². The van der Waals surface area contributed by atoms with Gasteiger partial charge in [-0.3, -0.25) is 9.69 Å². The van der Waals surface area contributed by atoms with Crippen molar-refractivity contribution in [2.24, 2.45) is 0 Å². The lowest BCUT2D eigenvalue weighted by atomic mass is 10.0. The van der Waals surface area contributed by atoms with Gasteiger partial charge in [-0.2, -0.15) is 8.78 Å². The van der Waals surface area contributed by atoms with Crippen LogP contribution in [0.1, 0.15) is 24.2 Å². The van der Waals surface area contributed by atoms with E-state index < -0.39 is 6.61 Å². The minimum absolute atomic E-state index is 0.0277. The van der Waals surface area contributed by atoms with Crippen molar-refractivity contribution in [1.82, 2.24) is 10.2 Å². The maximum atomic E-state index is 12.2. The van der Waals surface area contributed by atoms with Crippen LogP contribution in [-0.4, -0.2) is 55.8 Å². The molecule has 1 fully saturated rings. The second-order valence-corrected chi connectivity index (χ2v) is 6.00. The van der Waals surface area contributed by atoms with Gasteiger partial charge >= 0.3 is 6.61 Å². The monoisotopic (exact) mass is 328 g/mol. The summed E-state index contributed by atoms with van der Waals surface area (Å²) in [5.74, 6) is -0.342. The summed E-state index contributed by atoms with van der Waals surface area (Å²) < 4.78 is 34.1. The molecular weight excluding hydrogens is 306 g/mol. The van der Waals surface area contributed by atoms with Gasteiger partial charge in [-0.25, -0.2) is 0 Å². The fraction of sp³-hybridized carbons (Fsp3) is 0.562. The van der Waals surface area contributed by atoms with Gasteiger partial charge in [-0.1, -0.05) is 6.07 Å². The van der Waals surface area contributed by atoms with Crippen molar-refractivity contribution < 1.29 is 23.0 Å². The van der Waals surface area contributed by atoms with Crippen LogP contribution < -0.4 is 10.1 Å². The molecule has 0 aromatic heterocycles. The fourth-order valence-corrected chi connectivity index (χ4v) is 2.49. The largest absolute Gasteiger partial charge is 0.435 e. The maximum absolute atomic E-state index is 12.2. The fourth-order valence-electron chi connectivity index (χ4n) is 2.49. The van der Waals surface area contributed by atoms with Crippen LogP contribution in [0.4, 0.5) is 8.78 Å². The lowest BCUT2D eigenvalue weighted by Gasteiger charge is -2.40. The van der Waals surface area contributed by atoms with E-state index in [1.807, 2.05) is 0 Å². The molecule has 0 aliphatic carbocycles. The number of amides is 1. The normalized spacial score (nSPS) is 16.4. The summed E-state index contributed by atoms with van der Waals surface area (Å²) >= 11 is 0. The zero-order valence-corrected chi connectivity index (χ0v) is 13.4. The van der Waals surface area contributed by atoms with Gasteiger partial charge in [0.1, 0.15) is 5.75 Å². The van der Waals surface area contributed by atoms with Gasteiger partial charge in [0.25, 0.3) is 5.91 Å². The number of nitrogens with zero attached hydrogens (tertiary/aromatic N) is 1. The lowest BCUT2D eigenvalue weighted by molar-refractivity contribution is -0.0498. The number of hydrogen-bond acceptors (Lipinski definition) is 4. The van der Waals surface area contributed by atoms with Gasteiger partial charge in [0.05, 0.1) is 13.2 Å². The summed E-state index contributed by atoms with van der Waals surface area (Å²) in [7, 11) is 0. The van der Waals surface area contributed by atoms with Gasteiger partial charge < -0.3 is 14.8 Å². The van der Waals surface area contributed by atoms with E-state index in [9.17, 15) is 13.6 Å². The van der Waals surface area contributed by atoms with Crippen LogP contribution >= 0.6 is 0 Å². The van der Waals surface area contributed by atoms with E-state index in [4.69, 9.17) is 4.74 Å². The first-order valence-corrected chi connectivity index (χ1v) is 7.54. The summed E-state index contributed by atoms with van der Waals surface area (Å²) in [6, 6.07) is 5.78. The third-order valence-electron chi connectivity index (χ3n) is 3.87. The van der Waals surface area contributed by atoms with Crippen LogP contribution in [0, 0.1) is 0 Å². The SMILES string of the molecule is CC(C)(CNC(=O)c1cccc(OC(F)F)c1)N1CCOCC1. The van der Waals surface area contributed by atoms with E-state index in [2.05, 4.69) is 28.8 Å². The molecule has 0 radical (unpaired) electrons. The molecule has 0 bridgehead atoms. The Balaban J connectivity index is 1.93. The molecule has 1 heterocycles. The minimum Gasteiger partial charge on any atom is -0.435 e. The van der Waals surface area contributed by atoms with Gasteiger partial charge in [-0.05, 0) is 32.0 Å². The van der Waals surface area contributed by atoms with E-state index >= 15 is 0 Å². The first-order chi connectivity index (χ1) is 10.9. The number of carbonyl (C=O) groups excluding carboxylic acids is 1. The Labute approximate surface area is 134 Å². The molecule has 1 saturated heterocycles. The average molecular weight is 328 g/mol. The molecule has 0 unspecified atom stereocenters.